The number of anilines is 1. The zero-order valence-corrected chi connectivity index (χ0v) is 13.5. The van der Waals surface area contributed by atoms with E-state index in [1.807, 2.05) is 35.3 Å². The zero-order valence-electron chi connectivity index (χ0n) is 12.8. The Bertz CT molecular complexity index is 802. The molecule has 1 atom stereocenters. The molecule has 1 saturated heterocycles. The lowest BCUT2D eigenvalue weighted by molar-refractivity contribution is 0.395. The van der Waals surface area contributed by atoms with Gasteiger partial charge in [0.15, 0.2) is 0 Å². The first-order valence-corrected chi connectivity index (χ1v) is 8.34. The molecule has 0 N–H and O–H groups in total. The van der Waals surface area contributed by atoms with E-state index in [2.05, 4.69) is 26.3 Å². The van der Waals surface area contributed by atoms with E-state index < -0.39 is 0 Å². The second kappa shape index (κ2) is 6.16. The fourth-order valence-corrected chi connectivity index (χ4v) is 3.58. The van der Waals surface area contributed by atoms with Crippen LogP contribution >= 0.6 is 11.6 Å². The number of hydrogen-bond acceptors (Lipinski definition) is 4. The highest BCUT2D eigenvalue weighted by molar-refractivity contribution is 6.31. The second-order valence-corrected chi connectivity index (χ2v) is 6.40. The first-order valence-electron chi connectivity index (χ1n) is 7.96. The molecule has 3 heterocycles. The number of piperidine rings is 1. The summed E-state index contributed by atoms with van der Waals surface area (Å²) in [7, 11) is 0. The molecule has 0 saturated carbocycles. The van der Waals surface area contributed by atoms with Crippen molar-refractivity contribution in [3.05, 3.63) is 47.9 Å². The summed E-state index contributed by atoms with van der Waals surface area (Å²) in [5.74, 6) is 0. The van der Waals surface area contributed by atoms with Gasteiger partial charge in [0.2, 0.25) is 0 Å². The van der Waals surface area contributed by atoms with E-state index in [-0.39, 0.29) is 0 Å². The third-order valence-electron chi connectivity index (χ3n) is 4.49. The van der Waals surface area contributed by atoms with Crippen molar-refractivity contribution < 1.29 is 0 Å². The molecule has 4 rings (SSSR count). The van der Waals surface area contributed by atoms with Gasteiger partial charge in [-0.1, -0.05) is 16.8 Å². The Balaban J connectivity index is 1.73. The topological polar surface area (TPSA) is 46.8 Å². The summed E-state index contributed by atoms with van der Waals surface area (Å²) >= 11 is 6.21. The number of fused-ring (bicyclic) bond motifs is 1. The summed E-state index contributed by atoms with van der Waals surface area (Å²) in [5.41, 5.74) is 2.19. The van der Waals surface area contributed by atoms with Gasteiger partial charge in [-0.15, -0.1) is 5.10 Å². The van der Waals surface area contributed by atoms with Crippen LogP contribution in [-0.2, 0) is 6.54 Å². The van der Waals surface area contributed by atoms with Crippen LogP contribution in [0, 0.1) is 0 Å². The third-order valence-corrected chi connectivity index (χ3v) is 4.72. The number of nitrogens with zero attached hydrogens (tertiary/aromatic N) is 5. The average Bonchev–Trinajstić information content (AvgIpc) is 3.08. The van der Waals surface area contributed by atoms with E-state index >= 15 is 0 Å². The van der Waals surface area contributed by atoms with E-state index in [1.54, 1.807) is 6.20 Å². The second-order valence-electron chi connectivity index (χ2n) is 5.96. The van der Waals surface area contributed by atoms with E-state index in [0.29, 0.717) is 6.04 Å². The summed E-state index contributed by atoms with van der Waals surface area (Å²) in [6, 6.07) is 8.40. The van der Waals surface area contributed by atoms with Crippen LogP contribution < -0.4 is 4.90 Å². The molecule has 3 aromatic rings. The zero-order chi connectivity index (χ0) is 15.6. The summed E-state index contributed by atoms with van der Waals surface area (Å²) in [6.07, 6.45) is 9.15. The first-order chi connectivity index (χ1) is 11.3. The minimum absolute atomic E-state index is 0.412. The highest BCUT2D eigenvalue weighted by atomic mass is 35.5. The van der Waals surface area contributed by atoms with Gasteiger partial charge in [0.1, 0.15) is 0 Å². The summed E-state index contributed by atoms with van der Waals surface area (Å²) < 4.78 is 1.92. The standard InChI is InChI=1S/C17H18ClN5/c18-13-4-5-16-15(11-13)17(6-7-19-16)23-9-2-1-3-14(23)12-22-10-8-20-21-22/h4-8,10-11,14H,1-3,9,12H2. The number of halogens is 1. The fourth-order valence-electron chi connectivity index (χ4n) is 3.41. The van der Waals surface area contributed by atoms with Gasteiger partial charge < -0.3 is 4.90 Å². The minimum Gasteiger partial charge on any atom is -0.366 e. The van der Waals surface area contributed by atoms with Crippen LogP contribution in [0.15, 0.2) is 42.9 Å². The van der Waals surface area contributed by atoms with Gasteiger partial charge in [0, 0.05) is 41.1 Å². The fraction of sp³-hybridized carbons (Fsp3) is 0.353. The number of pyridine rings is 1. The van der Waals surface area contributed by atoms with E-state index in [1.165, 1.54) is 18.5 Å². The molecular weight excluding hydrogens is 310 g/mol. The van der Waals surface area contributed by atoms with Crippen LogP contribution in [-0.4, -0.2) is 32.6 Å². The van der Waals surface area contributed by atoms with Crippen molar-refractivity contribution in [3.8, 4) is 0 Å². The summed E-state index contributed by atoms with van der Waals surface area (Å²) in [5, 5.41) is 9.90. The molecule has 6 heteroatoms. The van der Waals surface area contributed by atoms with E-state index in [9.17, 15) is 0 Å². The number of rotatable bonds is 3. The van der Waals surface area contributed by atoms with Crippen molar-refractivity contribution in [2.45, 2.75) is 31.8 Å². The summed E-state index contributed by atoms with van der Waals surface area (Å²) in [4.78, 5) is 6.94. The Morgan fingerprint density at radius 2 is 2.13 bits per heavy atom. The predicted octanol–water partition coefficient (Wildman–Crippen LogP) is 3.54. The van der Waals surface area contributed by atoms with Crippen LogP contribution in [0.4, 0.5) is 5.69 Å². The Kier molecular flexibility index (Phi) is 3.87. The molecule has 1 fully saturated rings. The Morgan fingerprint density at radius 1 is 1.17 bits per heavy atom. The Labute approximate surface area is 139 Å². The lowest BCUT2D eigenvalue weighted by atomic mass is 10.00. The number of hydrogen-bond donors (Lipinski definition) is 0. The molecular formula is C17H18ClN5. The van der Waals surface area contributed by atoms with Crippen LogP contribution in [0.5, 0.6) is 0 Å². The van der Waals surface area contributed by atoms with Crippen molar-refractivity contribution in [2.24, 2.45) is 0 Å². The molecule has 0 amide bonds. The van der Waals surface area contributed by atoms with Gasteiger partial charge in [0.05, 0.1) is 18.3 Å². The third kappa shape index (κ3) is 2.88. The van der Waals surface area contributed by atoms with E-state index in [4.69, 9.17) is 11.6 Å². The molecule has 1 aromatic carbocycles. The molecule has 1 unspecified atom stereocenters. The molecule has 0 spiro atoms. The number of benzene rings is 1. The van der Waals surface area contributed by atoms with Gasteiger partial charge in [-0.05, 0) is 43.5 Å². The first kappa shape index (κ1) is 14.5. The lowest BCUT2D eigenvalue weighted by Crippen LogP contribution is -2.42. The molecule has 0 bridgehead atoms. The van der Waals surface area contributed by atoms with E-state index in [0.717, 1.165) is 35.4 Å². The average molecular weight is 328 g/mol. The van der Waals surface area contributed by atoms with Crippen molar-refractivity contribution in [3.63, 3.8) is 0 Å². The van der Waals surface area contributed by atoms with Crippen LogP contribution in [0.1, 0.15) is 19.3 Å². The summed E-state index contributed by atoms with van der Waals surface area (Å²) in [6.45, 7) is 1.90. The van der Waals surface area contributed by atoms with Crippen molar-refractivity contribution in [2.75, 3.05) is 11.4 Å². The molecule has 118 valence electrons. The largest absolute Gasteiger partial charge is 0.366 e. The Morgan fingerprint density at radius 3 is 3.00 bits per heavy atom. The number of aromatic nitrogens is 4. The van der Waals surface area contributed by atoms with Crippen molar-refractivity contribution in [1.29, 1.82) is 0 Å². The maximum Gasteiger partial charge on any atom is 0.0723 e. The smallest absolute Gasteiger partial charge is 0.0723 e. The lowest BCUT2D eigenvalue weighted by Gasteiger charge is -2.38. The normalized spacial score (nSPS) is 18.5. The van der Waals surface area contributed by atoms with Gasteiger partial charge in [-0.2, -0.15) is 0 Å². The molecule has 1 aliphatic heterocycles. The van der Waals surface area contributed by atoms with Crippen molar-refractivity contribution >= 4 is 28.2 Å². The van der Waals surface area contributed by atoms with Crippen LogP contribution in [0.2, 0.25) is 5.02 Å². The Hall–Kier alpha value is -2.14. The quantitative estimate of drug-likeness (QED) is 0.738. The SMILES string of the molecule is Clc1ccc2nccc(N3CCCCC3Cn3ccnn3)c2c1. The van der Waals surface area contributed by atoms with Crippen molar-refractivity contribution in [1.82, 2.24) is 20.0 Å². The van der Waals surface area contributed by atoms with Gasteiger partial charge in [-0.3, -0.25) is 9.67 Å². The highest BCUT2D eigenvalue weighted by Gasteiger charge is 2.24. The maximum atomic E-state index is 6.21. The van der Waals surface area contributed by atoms with Gasteiger partial charge in [-0.25, -0.2) is 0 Å². The minimum atomic E-state index is 0.412. The molecule has 0 aliphatic carbocycles. The van der Waals surface area contributed by atoms with Gasteiger partial charge >= 0.3 is 0 Å². The monoisotopic (exact) mass is 327 g/mol. The molecule has 23 heavy (non-hydrogen) atoms. The molecule has 2 aromatic heterocycles. The van der Waals surface area contributed by atoms with Crippen LogP contribution in [0.3, 0.4) is 0 Å². The van der Waals surface area contributed by atoms with Crippen LogP contribution in [0.25, 0.3) is 10.9 Å². The van der Waals surface area contributed by atoms with Gasteiger partial charge in [0.25, 0.3) is 0 Å². The molecule has 5 nitrogen and oxygen atoms in total. The molecule has 1 aliphatic rings. The highest BCUT2D eigenvalue weighted by Crippen LogP contribution is 2.32. The molecule has 0 radical (unpaired) electrons. The maximum absolute atomic E-state index is 6.21. The predicted molar refractivity (Wildman–Crippen MR) is 91.8 cm³/mol.